The molecular formula is C14H20ClN3O3. The van der Waals surface area contributed by atoms with Crippen LogP contribution in [0.4, 0.5) is 11.4 Å². The summed E-state index contributed by atoms with van der Waals surface area (Å²) < 4.78 is 4.69. The van der Waals surface area contributed by atoms with E-state index in [9.17, 15) is 9.59 Å². The van der Waals surface area contributed by atoms with E-state index in [4.69, 9.17) is 22.1 Å². The molecule has 0 spiro atoms. The van der Waals surface area contributed by atoms with Crippen molar-refractivity contribution in [3.8, 4) is 0 Å². The molecule has 0 atom stereocenters. The fourth-order valence-electron chi connectivity index (χ4n) is 1.77. The summed E-state index contributed by atoms with van der Waals surface area (Å²) in [5.41, 5.74) is 6.69. The highest BCUT2D eigenvalue weighted by molar-refractivity contribution is 6.34. The van der Waals surface area contributed by atoms with E-state index >= 15 is 0 Å². The number of carbonyl (C=O) groups excluding carboxylic acids is 2. The summed E-state index contributed by atoms with van der Waals surface area (Å²) >= 11 is 6.08. The normalized spacial score (nSPS) is 10.3. The van der Waals surface area contributed by atoms with Crippen molar-refractivity contribution in [3.63, 3.8) is 0 Å². The highest BCUT2D eigenvalue weighted by atomic mass is 35.5. The van der Waals surface area contributed by atoms with Gasteiger partial charge in [0.15, 0.2) is 0 Å². The van der Waals surface area contributed by atoms with Crippen LogP contribution in [0.5, 0.6) is 0 Å². The number of hydrogen-bond acceptors (Lipinski definition) is 5. The average molecular weight is 314 g/mol. The van der Waals surface area contributed by atoms with Crippen LogP contribution in [0, 0.1) is 0 Å². The van der Waals surface area contributed by atoms with E-state index in [0.29, 0.717) is 22.9 Å². The number of rotatable bonds is 6. The van der Waals surface area contributed by atoms with Gasteiger partial charge in [-0.3, -0.25) is 4.79 Å². The van der Waals surface area contributed by atoms with Gasteiger partial charge >= 0.3 is 5.97 Å². The second-order valence-electron chi connectivity index (χ2n) is 4.82. The largest absolute Gasteiger partial charge is 0.465 e. The summed E-state index contributed by atoms with van der Waals surface area (Å²) in [6.45, 7) is 4.11. The molecule has 0 heterocycles. The van der Waals surface area contributed by atoms with Crippen molar-refractivity contribution < 1.29 is 14.3 Å². The molecule has 7 heteroatoms. The standard InChI is InChI=1S/C14H20ClN3O3/c1-8(2)18-12(19)4-5-17-13-10(14(20)21-3)6-9(16)7-11(13)15/h6-8,17H,4-5,16H2,1-3H3,(H,18,19). The van der Waals surface area contributed by atoms with Gasteiger partial charge in [-0.2, -0.15) is 0 Å². The summed E-state index contributed by atoms with van der Waals surface area (Å²) in [5.74, 6) is -0.623. The Morgan fingerprint density at radius 3 is 2.62 bits per heavy atom. The quantitative estimate of drug-likeness (QED) is 0.552. The number of methoxy groups -OCH3 is 1. The minimum absolute atomic E-state index is 0.0799. The lowest BCUT2D eigenvalue weighted by Gasteiger charge is -2.14. The van der Waals surface area contributed by atoms with Gasteiger partial charge < -0.3 is 21.1 Å². The Labute approximate surface area is 129 Å². The Morgan fingerprint density at radius 2 is 2.05 bits per heavy atom. The molecule has 0 aromatic heterocycles. The Kier molecular flexibility index (Phi) is 6.30. The number of anilines is 2. The first kappa shape index (κ1) is 17.1. The van der Waals surface area contributed by atoms with Crippen molar-refractivity contribution in [2.45, 2.75) is 26.3 Å². The number of hydrogen-bond donors (Lipinski definition) is 3. The van der Waals surface area contributed by atoms with Crippen LogP contribution in [0.1, 0.15) is 30.6 Å². The molecule has 0 radical (unpaired) electrons. The third-order valence-electron chi connectivity index (χ3n) is 2.62. The Bertz CT molecular complexity index is 532. The van der Waals surface area contributed by atoms with E-state index in [2.05, 4.69) is 10.6 Å². The first-order chi connectivity index (χ1) is 9.85. The summed E-state index contributed by atoms with van der Waals surface area (Å²) in [7, 11) is 1.28. The maximum Gasteiger partial charge on any atom is 0.340 e. The van der Waals surface area contributed by atoms with Crippen molar-refractivity contribution in [2.24, 2.45) is 0 Å². The molecule has 1 amide bonds. The van der Waals surface area contributed by atoms with Gasteiger partial charge in [-0.1, -0.05) is 11.6 Å². The third kappa shape index (κ3) is 5.15. The molecule has 0 aliphatic heterocycles. The van der Waals surface area contributed by atoms with Crippen molar-refractivity contribution in [1.29, 1.82) is 0 Å². The van der Waals surface area contributed by atoms with Gasteiger partial charge in [-0.25, -0.2) is 4.79 Å². The van der Waals surface area contributed by atoms with Gasteiger partial charge in [-0.15, -0.1) is 0 Å². The lowest BCUT2D eigenvalue weighted by Crippen LogP contribution is -2.31. The molecule has 6 nitrogen and oxygen atoms in total. The topological polar surface area (TPSA) is 93.4 Å². The smallest absolute Gasteiger partial charge is 0.340 e. The van der Waals surface area contributed by atoms with Gasteiger partial charge in [0.2, 0.25) is 5.91 Å². The molecular weight excluding hydrogens is 294 g/mol. The number of halogens is 1. The Hall–Kier alpha value is -1.95. The number of ether oxygens (including phenoxy) is 1. The van der Waals surface area contributed by atoms with Crippen LogP contribution in [0.2, 0.25) is 5.02 Å². The minimum Gasteiger partial charge on any atom is -0.465 e. The maximum absolute atomic E-state index is 11.7. The number of esters is 1. The van der Waals surface area contributed by atoms with E-state index < -0.39 is 5.97 Å². The van der Waals surface area contributed by atoms with Crippen LogP contribution in [-0.4, -0.2) is 31.6 Å². The van der Waals surface area contributed by atoms with E-state index in [1.54, 1.807) is 0 Å². The van der Waals surface area contributed by atoms with Crippen LogP contribution in [-0.2, 0) is 9.53 Å². The molecule has 0 saturated carbocycles. The zero-order chi connectivity index (χ0) is 16.0. The van der Waals surface area contributed by atoms with Crippen molar-refractivity contribution in [1.82, 2.24) is 5.32 Å². The highest BCUT2D eigenvalue weighted by Crippen LogP contribution is 2.29. The van der Waals surface area contributed by atoms with E-state index in [1.165, 1.54) is 19.2 Å². The summed E-state index contributed by atoms with van der Waals surface area (Å²) in [4.78, 5) is 23.3. The van der Waals surface area contributed by atoms with Gasteiger partial charge in [0.1, 0.15) is 0 Å². The monoisotopic (exact) mass is 313 g/mol. The van der Waals surface area contributed by atoms with Crippen LogP contribution in [0.25, 0.3) is 0 Å². The highest BCUT2D eigenvalue weighted by Gasteiger charge is 2.16. The maximum atomic E-state index is 11.7. The molecule has 1 rings (SSSR count). The van der Waals surface area contributed by atoms with Gasteiger partial charge in [0.05, 0.1) is 23.4 Å². The van der Waals surface area contributed by atoms with E-state index in [1.807, 2.05) is 13.8 Å². The summed E-state index contributed by atoms with van der Waals surface area (Å²) in [6, 6.07) is 3.10. The number of carbonyl (C=O) groups is 2. The number of nitrogen functional groups attached to an aromatic ring is 1. The lowest BCUT2D eigenvalue weighted by molar-refractivity contribution is -0.121. The van der Waals surface area contributed by atoms with Crippen LogP contribution in [0.15, 0.2) is 12.1 Å². The second-order valence-corrected chi connectivity index (χ2v) is 5.22. The van der Waals surface area contributed by atoms with Gasteiger partial charge in [0, 0.05) is 24.7 Å². The van der Waals surface area contributed by atoms with Gasteiger partial charge in [0.25, 0.3) is 0 Å². The first-order valence-electron chi connectivity index (χ1n) is 6.55. The molecule has 0 bridgehead atoms. The molecule has 0 aliphatic carbocycles. The van der Waals surface area contributed by atoms with Gasteiger partial charge in [-0.05, 0) is 26.0 Å². The fourth-order valence-corrected chi connectivity index (χ4v) is 2.07. The zero-order valence-electron chi connectivity index (χ0n) is 12.3. The third-order valence-corrected chi connectivity index (χ3v) is 2.92. The molecule has 0 aliphatic rings. The van der Waals surface area contributed by atoms with Crippen molar-refractivity contribution in [2.75, 3.05) is 24.7 Å². The first-order valence-corrected chi connectivity index (χ1v) is 6.93. The Balaban J connectivity index is 2.78. The van der Waals surface area contributed by atoms with E-state index in [0.717, 1.165) is 0 Å². The average Bonchev–Trinajstić information content (AvgIpc) is 2.38. The number of amides is 1. The molecule has 0 saturated heterocycles. The number of nitrogens with two attached hydrogens (primary N) is 1. The van der Waals surface area contributed by atoms with E-state index in [-0.39, 0.29) is 23.9 Å². The number of benzene rings is 1. The summed E-state index contributed by atoms with van der Waals surface area (Å²) in [6.07, 6.45) is 0.263. The molecule has 116 valence electrons. The predicted molar refractivity (Wildman–Crippen MR) is 83.6 cm³/mol. The Morgan fingerprint density at radius 1 is 1.38 bits per heavy atom. The summed E-state index contributed by atoms with van der Waals surface area (Å²) in [5, 5.41) is 6.06. The van der Waals surface area contributed by atoms with Crippen LogP contribution >= 0.6 is 11.6 Å². The van der Waals surface area contributed by atoms with Crippen molar-refractivity contribution >= 4 is 34.9 Å². The second kappa shape index (κ2) is 7.73. The SMILES string of the molecule is COC(=O)c1cc(N)cc(Cl)c1NCCC(=O)NC(C)C. The van der Waals surface area contributed by atoms with Crippen molar-refractivity contribution in [3.05, 3.63) is 22.7 Å². The minimum atomic E-state index is -0.543. The molecule has 1 aromatic rings. The fraction of sp³-hybridized carbons (Fsp3) is 0.429. The molecule has 4 N–H and O–H groups in total. The zero-order valence-corrected chi connectivity index (χ0v) is 13.1. The lowest BCUT2D eigenvalue weighted by atomic mass is 10.1. The molecule has 0 fully saturated rings. The number of nitrogens with one attached hydrogen (secondary N) is 2. The molecule has 1 aromatic carbocycles. The molecule has 21 heavy (non-hydrogen) atoms. The van der Waals surface area contributed by atoms with Crippen LogP contribution < -0.4 is 16.4 Å². The molecule has 0 unspecified atom stereocenters. The predicted octanol–water partition coefficient (Wildman–Crippen LogP) is 2.04. The van der Waals surface area contributed by atoms with Crippen LogP contribution in [0.3, 0.4) is 0 Å².